The summed E-state index contributed by atoms with van der Waals surface area (Å²) in [5.41, 5.74) is 1.76. The molecule has 0 bridgehead atoms. The summed E-state index contributed by atoms with van der Waals surface area (Å²) in [5, 5.41) is 19.1. The van der Waals surface area contributed by atoms with Crippen molar-refractivity contribution in [2.75, 3.05) is 6.54 Å². The van der Waals surface area contributed by atoms with Crippen LogP contribution in [0.1, 0.15) is 13.3 Å². The van der Waals surface area contributed by atoms with Crippen molar-refractivity contribution < 1.29 is 19.5 Å². The molecule has 0 fully saturated rings. The third-order valence-electron chi connectivity index (χ3n) is 1.38. The third kappa shape index (κ3) is 6.36. The fourth-order valence-electron chi connectivity index (χ4n) is 0.738. The van der Waals surface area contributed by atoms with Crippen LogP contribution in [0.4, 0.5) is 9.59 Å². The van der Waals surface area contributed by atoms with Gasteiger partial charge in [0.1, 0.15) is 13.0 Å². The van der Waals surface area contributed by atoms with E-state index in [-0.39, 0.29) is 6.54 Å². The Morgan fingerprint density at radius 2 is 2.06 bits per heavy atom. The second kappa shape index (κ2) is 7.54. The summed E-state index contributed by atoms with van der Waals surface area (Å²) in [6.45, 7) is 1.30. The third-order valence-corrected chi connectivity index (χ3v) is 1.38. The maximum atomic E-state index is 11.4. The molecule has 0 spiro atoms. The molecule has 0 saturated carbocycles. The van der Waals surface area contributed by atoms with Crippen molar-refractivity contribution in [3.63, 3.8) is 0 Å². The quantitative estimate of drug-likeness (QED) is 0.448. The minimum atomic E-state index is -1.47. The Morgan fingerprint density at radius 3 is 2.53 bits per heavy atom. The van der Waals surface area contributed by atoms with Gasteiger partial charge in [-0.1, -0.05) is 5.92 Å². The van der Waals surface area contributed by atoms with Crippen LogP contribution >= 0.6 is 0 Å². The molecular weight excluding hydrogens is 228 g/mol. The number of urea groups is 1. The summed E-state index contributed by atoms with van der Waals surface area (Å²) in [7, 11) is 0. The first-order chi connectivity index (χ1) is 8.01. The van der Waals surface area contributed by atoms with Gasteiger partial charge < -0.3 is 5.11 Å². The number of carbonyl (C=O) groups excluding carboxylic acids is 2. The summed E-state index contributed by atoms with van der Waals surface area (Å²) in [6.07, 6.45) is -1.96. The van der Waals surface area contributed by atoms with Gasteiger partial charge in [0.05, 0.1) is 6.07 Å². The van der Waals surface area contributed by atoms with E-state index in [9.17, 15) is 14.4 Å². The lowest BCUT2D eigenvalue weighted by molar-refractivity contribution is -0.119. The van der Waals surface area contributed by atoms with Gasteiger partial charge in [-0.05, 0) is 6.92 Å². The number of nitriles is 1. The van der Waals surface area contributed by atoms with Gasteiger partial charge in [0.15, 0.2) is 0 Å². The molecular formula is C9H10N4O4. The Balaban J connectivity index is 4.50. The van der Waals surface area contributed by atoms with Crippen molar-refractivity contribution in [3.05, 3.63) is 0 Å². The maximum absolute atomic E-state index is 11.4. The van der Waals surface area contributed by atoms with Gasteiger partial charge in [0.2, 0.25) is 5.91 Å². The number of nitrogens with zero attached hydrogens (tertiary/aromatic N) is 2. The highest BCUT2D eigenvalue weighted by Crippen LogP contribution is 1.86. The van der Waals surface area contributed by atoms with E-state index in [4.69, 9.17) is 10.4 Å². The zero-order valence-corrected chi connectivity index (χ0v) is 8.98. The molecule has 0 aromatic carbocycles. The van der Waals surface area contributed by atoms with Crippen LogP contribution in [-0.4, -0.2) is 34.7 Å². The van der Waals surface area contributed by atoms with Crippen LogP contribution in [0.25, 0.3) is 0 Å². The predicted molar refractivity (Wildman–Crippen MR) is 55.1 cm³/mol. The van der Waals surface area contributed by atoms with Crippen LogP contribution in [0.2, 0.25) is 0 Å². The van der Waals surface area contributed by atoms with Crippen LogP contribution in [-0.2, 0) is 4.79 Å². The van der Waals surface area contributed by atoms with Crippen LogP contribution in [0, 0.1) is 23.2 Å². The molecule has 0 heterocycles. The average molecular weight is 238 g/mol. The number of nitrogens with one attached hydrogen (secondary N) is 2. The van der Waals surface area contributed by atoms with E-state index >= 15 is 0 Å². The van der Waals surface area contributed by atoms with Gasteiger partial charge in [0.25, 0.3) is 0 Å². The molecule has 0 saturated heterocycles. The SMILES string of the molecule is CC#CCN(NC(=O)O)C(=O)NC(=O)CC#N. The van der Waals surface area contributed by atoms with Crippen molar-refractivity contribution in [2.24, 2.45) is 0 Å². The zero-order chi connectivity index (χ0) is 13.3. The fraction of sp³-hybridized carbons (Fsp3) is 0.333. The smallest absolute Gasteiger partial charge is 0.423 e. The second-order valence-corrected chi connectivity index (χ2v) is 2.62. The van der Waals surface area contributed by atoms with Gasteiger partial charge in [0, 0.05) is 0 Å². The summed E-state index contributed by atoms with van der Waals surface area (Å²) >= 11 is 0. The second-order valence-electron chi connectivity index (χ2n) is 2.62. The summed E-state index contributed by atoms with van der Waals surface area (Å²) in [4.78, 5) is 32.7. The van der Waals surface area contributed by atoms with Gasteiger partial charge in [-0.3, -0.25) is 10.1 Å². The summed E-state index contributed by atoms with van der Waals surface area (Å²) in [6, 6.07) is 0.558. The number of imide groups is 1. The zero-order valence-electron chi connectivity index (χ0n) is 8.98. The van der Waals surface area contributed by atoms with Crippen LogP contribution in [0.3, 0.4) is 0 Å². The minimum Gasteiger partial charge on any atom is -0.464 e. The van der Waals surface area contributed by atoms with Gasteiger partial charge >= 0.3 is 12.1 Å². The Morgan fingerprint density at radius 1 is 1.41 bits per heavy atom. The molecule has 17 heavy (non-hydrogen) atoms. The van der Waals surface area contributed by atoms with Crippen molar-refractivity contribution in [3.8, 4) is 17.9 Å². The lowest BCUT2D eigenvalue weighted by Gasteiger charge is -2.18. The monoisotopic (exact) mass is 238 g/mol. The number of rotatable bonds is 2. The fourth-order valence-corrected chi connectivity index (χ4v) is 0.738. The van der Waals surface area contributed by atoms with E-state index in [1.54, 1.807) is 11.5 Å². The molecule has 0 aliphatic carbocycles. The number of carboxylic acid groups (broad SMARTS) is 1. The molecule has 8 heteroatoms. The molecule has 0 unspecified atom stereocenters. The number of amides is 4. The Kier molecular flexibility index (Phi) is 6.32. The number of hydrogen-bond donors (Lipinski definition) is 3. The molecule has 3 N–H and O–H groups in total. The molecule has 0 radical (unpaired) electrons. The molecule has 0 aromatic rings. The van der Waals surface area contributed by atoms with Crippen LogP contribution in [0.5, 0.6) is 0 Å². The first-order valence-corrected chi connectivity index (χ1v) is 4.38. The number of hydrazine groups is 1. The van der Waals surface area contributed by atoms with E-state index in [2.05, 4.69) is 11.8 Å². The molecule has 8 nitrogen and oxygen atoms in total. The van der Waals surface area contributed by atoms with E-state index < -0.39 is 24.5 Å². The molecule has 0 aliphatic heterocycles. The van der Waals surface area contributed by atoms with E-state index in [0.717, 1.165) is 0 Å². The van der Waals surface area contributed by atoms with Crippen molar-refractivity contribution in [1.82, 2.24) is 15.8 Å². The van der Waals surface area contributed by atoms with Crippen LogP contribution < -0.4 is 10.7 Å². The van der Waals surface area contributed by atoms with Crippen molar-refractivity contribution >= 4 is 18.0 Å². The lowest BCUT2D eigenvalue weighted by atomic mass is 10.4. The Labute approximate surface area is 97.2 Å². The van der Waals surface area contributed by atoms with E-state index in [1.165, 1.54) is 6.92 Å². The largest absolute Gasteiger partial charge is 0.464 e. The molecule has 0 rings (SSSR count). The van der Waals surface area contributed by atoms with Crippen LogP contribution in [0.15, 0.2) is 0 Å². The predicted octanol–water partition coefficient (Wildman–Crippen LogP) is -0.356. The normalized spacial score (nSPS) is 8.00. The number of carbonyl (C=O) groups is 3. The van der Waals surface area contributed by atoms with E-state index in [1.807, 2.05) is 5.32 Å². The van der Waals surface area contributed by atoms with E-state index in [0.29, 0.717) is 5.01 Å². The lowest BCUT2D eigenvalue weighted by Crippen LogP contribution is -2.51. The van der Waals surface area contributed by atoms with Crippen molar-refractivity contribution in [1.29, 1.82) is 5.26 Å². The molecule has 0 aromatic heterocycles. The average Bonchev–Trinajstić information content (AvgIpc) is 2.23. The number of hydrogen-bond acceptors (Lipinski definition) is 4. The Bertz CT molecular complexity index is 415. The molecule has 0 atom stereocenters. The van der Waals surface area contributed by atoms with Gasteiger partial charge in [-0.2, -0.15) is 5.26 Å². The summed E-state index contributed by atoms with van der Waals surface area (Å²) < 4.78 is 0. The van der Waals surface area contributed by atoms with Crippen molar-refractivity contribution in [2.45, 2.75) is 13.3 Å². The van der Waals surface area contributed by atoms with Gasteiger partial charge in [-0.25, -0.2) is 20.0 Å². The molecule has 0 aliphatic rings. The minimum absolute atomic E-state index is 0.214. The molecule has 90 valence electrons. The standard InChI is InChI=1S/C9H10N4O4/c1-2-3-6-13(12-9(16)17)8(15)11-7(14)4-5-10/h12H,4,6H2,1H3,(H,16,17)(H,11,14,15). The molecule has 4 amide bonds. The Hall–Kier alpha value is -2.74. The first-order valence-electron chi connectivity index (χ1n) is 4.38. The highest BCUT2D eigenvalue weighted by molar-refractivity contribution is 5.95. The topological polar surface area (TPSA) is 123 Å². The van der Waals surface area contributed by atoms with Gasteiger partial charge in [-0.15, -0.1) is 5.92 Å². The summed E-state index contributed by atoms with van der Waals surface area (Å²) in [5.74, 6) is 4.10. The highest BCUT2D eigenvalue weighted by Gasteiger charge is 2.16. The maximum Gasteiger partial charge on any atom is 0.423 e. The first kappa shape index (κ1) is 14.3. The highest BCUT2D eigenvalue weighted by atomic mass is 16.4.